The van der Waals surface area contributed by atoms with E-state index in [1.807, 2.05) is 0 Å². The third-order valence-corrected chi connectivity index (χ3v) is 2.08. The summed E-state index contributed by atoms with van der Waals surface area (Å²) in [6, 6.07) is 0. The van der Waals surface area contributed by atoms with Crippen molar-refractivity contribution in [1.82, 2.24) is 10.2 Å². The Kier molecular flexibility index (Phi) is 8.21. The molecule has 3 N–H and O–H groups in total. The first-order chi connectivity index (χ1) is 7.45. The van der Waals surface area contributed by atoms with Gasteiger partial charge in [0, 0.05) is 26.2 Å². The highest BCUT2D eigenvalue weighted by atomic mass is 16.2. The molecule has 0 radical (unpaired) electrons. The van der Waals surface area contributed by atoms with Crippen LogP contribution in [0, 0.1) is 11.8 Å². The van der Waals surface area contributed by atoms with E-state index < -0.39 is 0 Å². The number of rotatable bonds is 8. The van der Waals surface area contributed by atoms with Gasteiger partial charge in [-0.25, -0.2) is 0 Å². The van der Waals surface area contributed by atoms with Gasteiger partial charge in [0.2, 0.25) is 5.91 Å². The fourth-order valence-electron chi connectivity index (χ4n) is 1.71. The van der Waals surface area contributed by atoms with Crippen LogP contribution in [0.1, 0.15) is 27.7 Å². The molecule has 0 aliphatic carbocycles. The van der Waals surface area contributed by atoms with Gasteiger partial charge in [0.05, 0.1) is 6.54 Å². The summed E-state index contributed by atoms with van der Waals surface area (Å²) < 4.78 is 0. The van der Waals surface area contributed by atoms with Crippen LogP contribution in [-0.4, -0.2) is 43.5 Å². The van der Waals surface area contributed by atoms with E-state index in [1.165, 1.54) is 0 Å². The molecule has 1 amide bonds. The maximum Gasteiger partial charge on any atom is 0.234 e. The summed E-state index contributed by atoms with van der Waals surface area (Å²) in [5, 5.41) is 2.80. The van der Waals surface area contributed by atoms with Crippen LogP contribution in [-0.2, 0) is 4.79 Å². The van der Waals surface area contributed by atoms with Gasteiger partial charge in [-0.3, -0.25) is 9.69 Å². The monoisotopic (exact) mass is 229 g/mol. The topological polar surface area (TPSA) is 58.4 Å². The van der Waals surface area contributed by atoms with Crippen molar-refractivity contribution in [1.29, 1.82) is 0 Å². The molecule has 0 heterocycles. The number of nitrogens with zero attached hydrogens (tertiary/aromatic N) is 1. The summed E-state index contributed by atoms with van der Waals surface area (Å²) in [5.41, 5.74) is 5.34. The minimum absolute atomic E-state index is 0.0757. The quantitative estimate of drug-likeness (QED) is 0.643. The molecule has 0 saturated carbocycles. The molecule has 0 saturated heterocycles. The Morgan fingerprint density at radius 3 is 2.06 bits per heavy atom. The molecule has 0 aromatic heterocycles. The van der Waals surface area contributed by atoms with Crippen LogP contribution in [0.25, 0.3) is 0 Å². The lowest BCUT2D eigenvalue weighted by atomic mass is 10.1. The minimum Gasteiger partial charge on any atom is -0.354 e. The van der Waals surface area contributed by atoms with Gasteiger partial charge in [-0.2, -0.15) is 0 Å². The number of hydrogen-bond acceptors (Lipinski definition) is 3. The summed E-state index contributed by atoms with van der Waals surface area (Å²) in [6.45, 7) is 12.2. The second-order valence-electron chi connectivity index (χ2n) is 5.12. The van der Waals surface area contributed by atoms with E-state index in [9.17, 15) is 4.79 Å². The highest BCUT2D eigenvalue weighted by molar-refractivity contribution is 5.77. The molecule has 0 fully saturated rings. The molecule has 0 bridgehead atoms. The van der Waals surface area contributed by atoms with Gasteiger partial charge in [0.25, 0.3) is 0 Å². The molecule has 0 atom stereocenters. The zero-order chi connectivity index (χ0) is 12.6. The Morgan fingerprint density at radius 1 is 1.19 bits per heavy atom. The number of nitrogens with two attached hydrogens (primary N) is 1. The lowest BCUT2D eigenvalue weighted by Gasteiger charge is -2.25. The first kappa shape index (κ1) is 15.4. The van der Waals surface area contributed by atoms with Crippen molar-refractivity contribution >= 4 is 5.91 Å². The number of hydrogen-bond donors (Lipinski definition) is 2. The highest BCUT2D eigenvalue weighted by Crippen LogP contribution is 2.03. The number of nitrogens with one attached hydrogen (secondary N) is 1. The van der Waals surface area contributed by atoms with Crippen molar-refractivity contribution in [3.05, 3.63) is 0 Å². The van der Waals surface area contributed by atoms with E-state index in [1.54, 1.807) is 0 Å². The fourth-order valence-corrected chi connectivity index (χ4v) is 1.71. The van der Waals surface area contributed by atoms with E-state index >= 15 is 0 Å². The SMILES string of the molecule is CC(C)CN(CC(=O)NCCN)CC(C)C. The maximum atomic E-state index is 11.6. The van der Waals surface area contributed by atoms with Crippen LogP contribution >= 0.6 is 0 Å². The maximum absolute atomic E-state index is 11.6. The normalized spacial score (nSPS) is 11.5. The first-order valence-electron chi connectivity index (χ1n) is 6.14. The number of carbonyl (C=O) groups excluding carboxylic acids is 1. The lowest BCUT2D eigenvalue weighted by Crippen LogP contribution is -2.41. The first-order valence-corrected chi connectivity index (χ1v) is 6.14. The Bertz CT molecular complexity index is 183. The molecule has 0 aliphatic rings. The van der Waals surface area contributed by atoms with Crippen molar-refractivity contribution in [2.45, 2.75) is 27.7 Å². The van der Waals surface area contributed by atoms with E-state index in [2.05, 4.69) is 37.9 Å². The average Bonchev–Trinajstić information content (AvgIpc) is 2.12. The highest BCUT2D eigenvalue weighted by Gasteiger charge is 2.12. The van der Waals surface area contributed by atoms with Gasteiger partial charge in [-0.05, 0) is 11.8 Å². The molecule has 4 nitrogen and oxygen atoms in total. The molecule has 0 rings (SSSR count). The summed E-state index contributed by atoms with van der Waals surface area (Å²) in [4.78, 5) is 13.8. The summed E-state index contributed by atoms with van der Waals surface area (Å²) in [6.07, 6.45) is 0. The van der Waals surface area contributed by atoms with Crippen LogP contribution in [0.3, 0.4) is 0 Å². The van der Waals surface area contributed by atoms with E-state index in [4.69, 9.17) is 5.73 Å². The van der Waals surface area contributed by atoms with Crippen molar-refractivity contribution < 1.29 is 4.79 Å². The molecule has 0 unspecified atom stereocenters. The van der Waals surface area contributed by atoms with Crippen LogP contribution in [0.2, 0.25) is 0 Å². The summed E-state index contributed by atoms with van der Waals surface area (Å²) in [7, 11) is 0. The molecule has 96 valence electrons. The summed E-state index contributed by atoms with van der Waals surface area (Å²) >= 11 is 0. The molecule has 0 aliphatic heterocycles. The average molecular weight is 229 g/mol. The molecule has 0 spiro atoms. The number of amides is 1. The van der Waals surface area contributed by atoms with Crippen molar-refractivity contribution in [2.75, 3.05) is 32.7 Å². The van der Waals surface area contributed by atoms with Crippen LogP contribution < -0.4 is 11.1 Å². The van der Waals surface area contributed by atoms with E-state index in [0.29, 0.717) is 31.5 Å². The summed E-state index contributed by atoms with van der Waals surface area (Å²) in [5.74, 6) is 1.24. The third-order valence-electron chi connectivity index (χ3n) is 2.08. The van der Waals surface area contributed by atoms with Gasteiger partial charge >= 0.3 is 0 Å². The van der Waals surface area contributed by atoms with Crippen molar-refractivity contribution in [3.8, 4) is 0 Å². The van der Waals surface area contributed by atoms with Crippen molar-refractivity contribution in [2.24, 2.45) is 17.6 Å². The van der Waals surface area contributed by atoms with E-state index in [0.717, 1.165) is 13.1 Å². The van der Waals surface area contributed by atoms with Crippen LogP contribution in [0.5, 0.6) is 0 Å². The number of carbonyl (C=O) groups is 1. The largest absolute Gasteiger partial charge is 0.354 e. The molecule has 0 aromatic carbocycles. The molecule has 16 heavy (non-hydrogen) atoms. The van der Waals surface area contributed by atoms with Gasteiger partial charge < -0.3 is 11.1 Å². The second kappa shape index (κ2) is 8.53. The molecule has 0 aromatic rings. The Labute approximate surface area is 99.6 Å². The predicted octanol–water partition coefficient (Wildman–Crippen LogP) is 0.675. The molecular formula is C12H27N3O. The van der Waals surface area contributed by atoms with Gasteiger partial charge in [-0.15, -0.1) is 0 Å². The van der Waals surface area contributed by atoms with Gasteiger partial charge in [-0.1, -0.05) is 27.7 Å². The zero-order valence-corrected chi connectivity index (χ0v) is 11.1. The zero-order valence-electron chi connectivity index (χ0n) is 11.1. The molecule has 4 heteroatoms. The van der Waals surface area contributed by atoms with Gasteiger partial charge in [0.1, 0.15) is 0 Å². The van der Waals surface area contributed by atoms with E-state index in [-0.39, 0.29) is 5.91 Å². The third kappa shape index (κ3) is 8.68. The Balaban J connectivity index is 4.03. The minimum atomic E-state index is 0.0757. The van der Waals surface area contributed by atoms with Crippen LogP contribution in [0.15, 0.2) is 0 Å². The smallest absolute Gasteiger partial charge is 0.234 e. The van der Waals surface area contributed by atoms with Crippen molar-refractivity contribution in [3.63, 3.8) is 0 Å². The fraction of sp³-hybridized carbons (Fsp3) is 0.917. The molecular weight excluding hydrogens is 202 g/mol. The standard InChI is InChI=1S/C12H27N3O/c1-10(2)7-15(8-11(3)4)9-12(16)14-6-5-13/h10-11H,5-9,13H2,1-4H3,(H,14,16). The predicted molar refractivity (Wildman–Crippen MR) is 68.2 cm³/mol. The van der Waals surface area contributed by atoms with Gasteiger partial charge in [0.15, 0.2) is 0 Å². The lowest BCUT2D eigenvalue weighted by molar-refractivity contribution is -0.122. The van der Waals surface area contributed by atoms with Crippen LogP contribution in [0.4, 0.5) is 0 Å². The Morgan fingerprint density at radius 2 is 1.69 bits per heavy atom. The Hall–Kier alpha value is -0.610. The second-order valence-corrected chi connectivity index (χ2v) is 5.12.